The second kappa shape index (κ2) is 8.97. The van der Waals surface area contributed by atoms with E-state index in [1.165, 1.54) is 18.2 Å². The smallest absolute Gasteiger partial charge is 0.145 e. The SMILES string of the molecule is C=C/C(Cl)=C1/NC(C(CC)CC)=CC(=N[C@H]2CC[C@@H]([SH+]C)C2)N1N. The average Bonchev–Trinajstić information content (AvgIpc) is 3.05. The van der Waals surface area contributed by atoms with Gasteiger partial charge in [-0.25, -0.2) is 10.9 Å². The molecule has 134 valence electrons. The lowest BCUT2D eigenvalue weighted by Gasteiger charge is -2.33. The van der Waals surface area contributed by atoms with Crippen molar-refractivity contribution < 1.29 is 0 Å². The monoisotopic (exact) mass is 369 g/mol. The van der Waals surface area contributed by atoms with Crippen LogP contribution in [0.3, 0.4) is 0 Å². The minimum Gasteiger partial charge on any atom is -0.342 e. The van der Waals surface area contributed by atoms with Crippen molar-refractivity contribution in [3.8, 4) is 0 Å². The van der Waals surface area contributed by atoms with Crippen molar-refractivity contribution in [1.29, 1.82) is 0 Å². The summed E-state index contributed by atoms with van der Waals surface area (Å²) in [7, 11) is 0. The molecule has 0 aromatic heterocycles. The molecule has 2 atom stereocenters. The number of nitrogens with zero attached hydrogens (tertiary/aromatic N) is 2. The van der Waals surface area contributed by atoms with Crippen LogP contribution in [0.1, 0.15) is 46.0 Å². The van der Waals surface area contributed by atoms with E-state index in [2.05, 4.69) is 38.1 Å². The number of halogens is 1. The number of hydrazine groups is 1. The van der Waals surface area contributed by atoms with Gasteiger partial charge in [-0.05, 0) is 49.4 Å². The Bertz CT molecular complexity index is 551. The number of aliphatic imine (C=N–C) groups is 1. The Labute approximate surface area is 155 Å². The molecule has 3 N–H and O–H groups in total. The van der Waals surface area contributed by atoms with Gasteiger partial charge in [-0.2, -0.15) is 0 Å². The molecule has 1 saturated carbocycles. The fourth-order valence-electron chi connectivity index (χ4n) is 3.35. The van der Waals surface area contributed by atoms with Gasteiger partial charge in [-0.15, -0.1) is 0 Å². The summed E-state index contributed by atoms with van der Waals surface area (Å²) in [6, 6.07) is 0.351. The summed E-state index contributed by atoms with van der Waals surface area (Å²) >= 11 is 7.78. The highest BCUT2D eigenvalue weighted by Gasteiger charge is 2.30. The first-order valence-corrected chi connectivity index (χ1v) is 10.5. The Morgan fingerprint density at radius 1 is 1.54 bits per heavy atom. The number of rotatable bonds is 6. The Hall–Kier alpha value is -0.910. The molecule has 2 rings (SSSR count). The van der Waals surface area contributed by atoms with Gasteiger partial charge in [0, 0.05) is 18.2 Å². The van der Waals surface area contributed by atoms with Gasteiger partial charge in [-0.3, -0.25) is 4.99 Å². The zero-order valence-electron chi connectivity index (χ0n) is 14.9. The molecule has 0 aromatic carbocycles. The highest BCUT2D eigenvalue weighted by atomic mass is 35.5. The van der Waals surface area contributed by atoms with Gasteiger partial charge >= 0.3 is 0 Å². The minimum absolute atomic E-state index is 0.351. The topological polar surface area (TPSA) is 53.7 Å². The second-order valence-corrected chi connectivity index (χ2v) is 8.03. The Morgan fingerprint density at radius 3 is 2.79 bits per heavy atom. The molecule has 24 heavy (non-hydrogen) atoms. The van der Waals surface area contributed by atoms with Gasteiger partial charge in [0.25, 0.3) is 0 Å². The van der Waals surface area contributed by atoms with Crippen LogP contribution in [-0.4, -0.2) is 28.4 Å². The van der Waals surface area contributed by atoms with E-state index in [0.717, 1.165) is 42.5 Å². The van der Waals surface area contributed by atoms with E-state index < -0.39 is 0 Å². The van der Waals surface area contributed by atoms with Crippen LogP contribution < -0.4 is 11.2 Å². The van der Waals surface area contributed by atoms with Crippen LogP contribution in [0.15, 0.2) is 40.3 Å². The summed E-state index contributed by atoms with van der Waals surface area (Å²) < 4.78 is 0. The largest absolute Gasteiger partial charge is 0.342 e. The average molecular weight is 370 g/mol. The summed E-state index contributed by atoms with van der Waals surface area (Å²) in [6.07, 6.45) is 11.6. The molecule has 0 bridgehead atoms. The predicted molar refractivity (Wildman–Crippen MR) is 108 cm³/mol. The maximum atomic E-state index is 6.32. The van der Waals surface area contributed by atoms with Crippen molar-refractivity contribution in [1.82, 2.24) is 10.3 Å². The summed E-state index contributed by atoms with van der Waals surface area (Å²) in [5.74, 6) is 8.20. The number of hydrogen-bond acceptors (Lipinski definition) is 3. The summed E-state index contributed by atoms with van der Waals surface area (Å²) in [5, 5.41) is 6.23. The predicted octanol–water partition coefficient (Wildman–Crippen LogP) is 3.44. The Morgan fingerprint density at radius 2 is 2.25 bits per heavy atom. The van der Waals surface area contributed by atoms with Crippen LogP contribution >= 0.6 is 11.6 Å². The minimum atomic E-state index is 0.351. The molecule has 0 saturated heterocycles. The van der Waals surface area contributed by atoms with Gasteiger partial charge in [-0.1, -0.05) is 32.0 Å². The van der Waals surface area contributed by atoms with Crippen molar-refractivity contribution in [3.05, 3.63) is 35.3 Å². The van der Waals surface area contributed by atoms with E-state index >= 15 is 0 Å². The zero-order chi connectivity index (χ0) is 17.7. The molecule has 4 nitrogen and oxygen atoms in total. The molecular formula is C18H30ClN4S+. The first-order chi connectivity index (χ1) is 11.5. The molecule has 1 aliphatic heterocycles. The lowest BCUT2D eigenvalue weighted by molar-refractivity contribution is 0.451. The zero-order valence-corrected chi connectivity index (χ0v) is 16.6. The van der Waals surface area contributed by atoms with E-state index in [1.807, 2.05) is 0 Å². The van der Waals surface area contributed by atoms with Crippen molar-refractivity contribution in [2.75, 3.05) is 6.26 Å². The first kappa shape index (κ1) is 19.4. The number of nitrogens with one attached hydrogen (secondary N) is 1. The van der Waals surface area contributed by atoms with E-state index in [-0.39, 0.29) is 0 Å². The molecule has 1 heterocycles. The molecular weight excluding hydrogens is 340 g/mol. The number of amidine groups is 1. The molecule has 0 aromatic rings. The number of thiol groups is 1. The van der Waals surface area contributed by atoms with Crippen LogP contribution in [0.25, 0.3) is 0 Å². The van der Waals surface area contributed by atoms with Crippen molar-refractivity contribution >= 4 is 29.2 Å². The van der Waals surface area contributed by atoms with Crippen LogP contribution in [0.5, 0.6) is 0 Å². The van der Waals surface area contributed by atoms with E-state index in [0.29, 0.717) is 22.8 Å². The van der Waals surface area contributed by atoms with Crippen LogP contribution in [0, 0.1) is 5.92 Å². The quantitative estimate of drug-likeness (QED) is 0.428. The fraction of sp³-hybridized carbons (Fsp3) is 0.611. The van der Waals surface area contributed by atoms with E-state index in [1.54, 1.807) is 11.1 Å². The maximum absolute atomic E-state index is 6.32. The molecule has 1 fully saturated rings. The normalized spacial score (nSPS) is 28.2. The highest BCUT2D eigenvalue weighted by molar-refractivity contribution is 7.78. The highest BCUT2D eigenvalue weighted by Crippen LogP contribution is 2.28. The standard InChI is InChI=1S/C18H29ClN4S/c1-5-12(6-2)16-11-17(21-13-8-9-14(10-13)24-4)23(20)18(22-16)15(19)7-3/h7,11-14,22H,3,5-6,8-10,20H2,1-2,4H3/p+1/b18-15+,21-17?/t13-,14+/m0/s1. The molecule has 0 amide bonds. The molecule has 1 aliphatic carbocycles. The van der Waals surface area contributed by atoms with Gasteiger partial charge < -0.3 is 5.32 Å². The summed E-state index contributed by atoms with van der Waals surface area (Å²) in [4.78, 5) is 4.95. The third kappa shape index (κ3) is 4.38. The lowest BCUT2D eigenvalue weighted by atomic mass is 9.97. The fourth-order valence-corrected chi connectivity index (χ4v) is 4.35. The third-order valence-electron chi connectivity index (χ3n) is 4.92. The molecule has 0 radical (unpaired) electrons. The van der Waals surface area contributed by atoms with E-state index in [9.17, 15) is 0 Å². The lowest BCUT2D eigenvalue weighted by Crippen LogP contribution is -2.46. The number of nitrogens with two attached hydrogens (primary N) is 1. The van der Waals surface area contributed by atoms with Crippen molar-refractivity contribution in [2.45, 2.75) is 57.2 Å². The van der Waals surface area contributed by atoms with E-state index in [4.69, 9.17) is 22.4 Å². The molecule has 0 unspecified atom stereocenters. The third-order valence-corrected chi connectivity index (χ3v) is 6.46. The number of hydrogen-bond donors (Lipinski definition) is 2. The van der Waals surface area contributed by atoms with Crippen LogP contribution in [0.2, 0.25) is 0 Å². The van der Waals surface area contributed by atoms with Gasteiger partial charge in [0.1, 0.15) is 16.9 Å². The van der Waals surface area contributed by atoms with Crippen LogP contribution in [-0.2, 0) is 11.8 Å². The first-order valence-electron chi connectivity index (χ1n) is 8.76. The molecule has 2 aliphatic rings. The number of allylic oxidation sites excluding steroid dienone is 3. The summed E-state index contributed by atoms with van der Waals surface area (Å²) in [6.45, 7) is 8.15. The molecule has 6 heteroatoms. The molecule has 0 spiro atoms. The second-order valence-electron chi connectivity index (χ2n) is 6.37. The van der Waals surface area contributed by atoms with Crippen molar-refractivity contribution in [3.63, 3.8) is 0 Å². The van der Waals surface area contributed by atoms with Crippen LogP contribution in [0.4, 0.5) is 0 Å². The maximum Gasteiger partial charge on any atom is 0.145 e. The van der Waals surface area contributed by atoms with Gasteiger partial charge in [0.15, 0.2) is 0 Å². The van der Waals surface area contributed by atoms with Gasteiger partial charge in [0.2, 0.25) is 0 Å². The Balaban J connectivity index is 2.35. The van der Waals surface area contributed by atoms with Crippen molar-refractivity contribution in [2.24, 2.45) is 16.8 Å². The Kier molecular flexibility index (Phi) is 7.26. The summed E-state index contributed by atoms with van der Waals surface area (Å²) in [5.41, 5.74) is 1.14. The van der Waals surface area contributed by atoms with Gasteiger partial charge in [0.05, 0.1) is 17.3 Å².